The minimum atomic E-state index is 0.133. The number of hydrogen-bond donors (Lipinski definition) is 1. The van der Waals surface area contributed by atoms with Gasteiger partial charge in [0.1, 0.15) is 0 Å². The van der Waals surface area contributed by atoms with Crippen molar-refractivity contribution in [1.82, 2.24) is 0 Å². The molecule has 0 fully saturated rings. The van der Waals surface area contributed by atoms with E-state index in [4.69, 9.17) is 28.5 Å². The zero-order chi connectivity index (χ0) is 11.3. The van der Waals surface area contributed by atoms with Crippen LogP contribution < -0.4 is 5.32 Å². The molecule has 0 aromatic heterocycles. The van der Waals surface area contributed by atoms with Crippen molar-refractivity contribution in [2.45, 2.75) is 25.8 Å². The fraction of sp³-hybridized carbons (Fsp3) is 0.364. The molecular weight excluding hydrogens is 231 g/mol. The molecule has 1 aromatic rings. The Kier molecular flexibility index (Phi) is 4.74. The van der Waals surface area contributed by atoms with E-state index in [2.05, 4.69) is 11.4 Å². The second-order valence-corrected chi connectivity index (χ2v) is 4.08. The minimum absolute atomic E-state index is 0.133. The summed E-state index contributed by atoms with van der Waals surface area (Å²) in [7, 11) is 0. The first-order valence-electron chi connectivity index (χ1n) is 4.76. The summed E-state index contributed by atoms with van der Waals surface area (Å²) in [5.41, 5.74) is 0.822. The fourth-order valence-electron chi connectivity index (χ4n) is 1.23. The number of benzene rings is 1. The van der Waals surface area contributed by atoms with Gasteiger partial charge in [0.25, 0.3) is 0 Å². The number of nitrogens with one attached hydrogen (secondary N) is 1. The van der Waals surface area contributed by atoms with Crippen molar-refractivity contribution in [2.24, 2.45) is 0 Å². The summed E-state index contributed by atoms with van der Waals surface area (Å²) in [5.74, 6) is 0. The van der Waals surface area contributed by atoms with Gasteiger partial charge in [-0.25, -0.2) is 0 Å². The largest absolute Gasteiger partial charge is 0.380 e. The zero-order valence-corrected chi connectivity index (χ0v) is 9.94. The lowest BCUT2D eigenvalue weighted by atomic mass is 10.1. The number of hydrogen-bond acceptors (Lipinski definition) is 2. The lowest BCUT2D eigenvalue weighted by Gasteiger charge is -2.16. The van der Waals surface area contributed by atoms with Crippen molar-refractivity contribution in [2.75, 3.05) is 5.32 Å². The Morgan fingerprint density at radius 1 is 1.47 bits per heavy atom. The van der Waals surface area contributed by atoms with E-state index in [0.29, 0.717) is 16.5 Å². The van der Waals surface area contributed by atoms with E-state index in [1.165, 1.54) is 0 Å². The molecule has 0 heterocycles. The minimum Gasteiger partial charge on any atom is -0.380 e. The van der Waals surface area contributed by atoms with Gasteiger partial charge in [-0.15, -0.1) is 0 Å². The summed E-state index contributed by atoms with van der Waals surface area (Å²) >= 11 is 11.8. The molecule has 0 saturated carbocycles. The first kappa shape index (κ1) is 12.2. The average molecular weight is 243 g/mol. The van der Waals surface area contributed by atoms with Crippen molar-refractivity contribution in [1.29, 1.82) is 5.26 Å². The molecule has 0 saturated heterocycles. The molecule has 1 aromatic carbocycles. The number of nitriles is 1. The molecule has 0 radical (unpaired) electrons. The maximum atomic E-state index is 8.62. The van der Waals surface area contributed by atoms with Gasteiger partial charge in [0.05, 0.1) is 23.2 Å². The average Bonchev–Trinajstić information content (AvgIpc) is 2.21. The Morgan fingerprint density at radius 2 is 2.20 bits per heavy atom. The number of rotatable bonds is 4. The first-order valence-corrected chi connectivity index (χ1v) is 5.51. The van der Waals surface area contributed by atoms with Crippen molar-refractivity contribution >= 4 is 28.9 Å². The maximum Gasteiger partial charge on any atom is 0.0652 e. The Morgan fingerprint density at radius 3 is 2.73 bits per heavy atom. The fourth-order valence-corrected chi connectivity index (χ4v) is 1.70. The summed E-state index contributed by atoms with van der Waals surface area (Å²) < 4.78 is 0. The molecule has 1 rings (SSSR count). The van der Waals surface area contributed by atoms with Crippen molar-refractivity contribution < 1.29 is 0 Å². The van der Waals surface area contributed by atoms with Crippen LogP contribution in [0.3, 0.4) is 0 Å². The van der Waals surface area contributed by atoms with Crippen molar-refractivity contribution in [3.05, 3.63) is 28.2 Å². The van der Waals surface area contributed by atoms with Gasteiger partial charge in [0, 0.05) is 11.1 Å². The number of anilines is 1. The van der Waals surface area contributed by atoms with Gasteiger partial charge in [0.2, 0.25) is 0 Å². The van der Waals surface area contributed by atoms with Crippen LogP contribution in [-0.2, 0) is 0 Å². The third kappa shape index (κ3) is 3.62. The molecule has 0 amide bonds. The standard InChI is InChI=1S/C11H12Cl2N2/c1-2-9(5-6-14)15-11-4-3-8(12)7-10(11)13/h3-4,7,9,15H,2,5H2,1H3. The predicted octanol–water partition coefficient (Wildman–Crippen LogP) is 4.10. The van der Waals surface area contributed by atoms with Gasteiger partial charge in [-0.05, 0) is 24.6 Å². The van der Waals surface area contributed by atoms with E-state index in [1.54, 1.807) is 12.1 Å². The van der Waals surface area contributed by atoms with Gasteiger partial charge >= 0.3 is 0 Å². The molecule has 1 N–H and O–H groups in total. The van der Waals surface area contributed by atoms with Crippen LogP contribution in [0.5, 0.6) is 0 Å². The van der Waals surface area contributed by atoms with Crippen LogP contribution in [0, 0.1) is 11.3 Å². The Hall–Kier alpha value is -0.910. The van der Waals surface area contributed by atoms with Crippen molar-refractivity contribution in [3.8, 4) is 6.07 Å². The smallest absolute Gasteiger partial charge is 0.0652 e. The number of nitrogens with zero attached hydrogens (tertiary/aromatic N) is 1. The normalized spacial score (nSPS) is 11.9. The van der Waals surface area contributed by atoms with E-state index in [1.807, 2.05) is 13.0 Å². The second-order valence-electron chi connectivity index (χ2n) is 3.24. The molecule has 4 heteroatoms. The highest BCUT2D eigenvalue weighted by molar-refractivity contribution is 6.36. The highest BCUT2D eigenvalue weighted by atomic mass is 35.5. The van der Waals surface area contributed by atoms with Crippen LogP contribution in [0.2, 0.25) is 10.0 Å². The van der Waals surface area contributed by atoms with Gasteiger partial charge in [-0.3, -0.25) is 0 Å². The monoisotopic (exact) mass is 242 g/mol. The third-order valence-corrected chi connectivity index (χ3v) is 2.67. The number of halogens is 2. The van der Waals surface area contributed by atoms with Crippen LogP contribution >= 0.6 is 23.2 Å². The van der Waals surface area contributed by atoms with Crippen LogP contribution in [0.15, 0.2) is 18.2 Å². The van der Waals surface area contributed by atoms with Crippen LogP contribution in [0.4, 0.5) is 5.69 Å². The molecule has 15 heavy (non-hydrogen) atoms. The van der Waals surface area contributed by atoms with E-state index < -0.39 is 0 Å². The van der Waals surface area contributed by atoms with Crippen LogP contribution in [0.25, 0.3) is 0 Å². The molecule has 0 spiro atoms. The quantitative estimate of drug-likeness (QED) is 0.864. The van der Waals surface area contributed by atoms with E-state index in [0.717, 1.165) is 12.1 Å². The molecule has 80 valence electrons. The summed E-state index contributed by atoms with van der Waals surface area (Å²) in [6, 6.07) is 7.55. The Bertz CT molecular complexity index is 371. The summed E-state index contributed by atoms with van der Waals surface area (Å²) in [6.45, 7) is 2.03. The highest BCUT2D eigenvalue weighted by Gasteiger charge is 2.07. The predicted molar refractivity (Wildman–Crippen MR) is 64.4 cm³/mol. The molecule has 1 atom stereocenters. The molecule has 2 nitrogen and oxygen atoms in total. The lowest BCUT2D eigenvalue weighted by Crippen LogP contribution is -2.17. The molecule has 0 aliphatic heterocycles. The summed E-state index contributed by atoms with van der Waals surface area (Å²) in [6.07, 6.45) is 1.35. The van der Waals surface area contributed by atoms with Gasteiger partial charge in [0.15, 0.2) is 0 Å². The Balaban J connectivity index is 2.75. The molecule has 0 aliphatic carbocycles. The lowest BCUT2D eigenvalue weighted by molar-refractivity contribution is 0.711. The van der Waals surface area contributed by atoms with Crippen LogP contribution in [-0.4, -0.2) is 6.04 Å². The molecule has 1 unspecified atom stereocenters. The van der Waals surface area contributed by atoms with Crippen molar-refractivity contribution in [3.63, 3.8) is 0 Å². The van der Waals surface area contributed by atoms with Gasteiger partial charge in [-0.2, -0.15) is 5.26 Å². The third-order valence-electron chi connectivity index (χ3n) is 2.12. The van der Waals surface area contributed by atoms with E-state index >= 15 is 0 Å². The highest BCUT2D eigenvalue weighted by Crippen LogP contribution is 2.26. The maximum absolute atomic E-state index is 8.62. The van der Waals surface area contributed by atoms with Gasteiger partial charge in [-0.1, -0.05) is 30.1 Å². The summed E-state index contributed by atoms with van der Waals surface area (Å²) in [4.78, 5) is 0. The van der Waals surface area contributed by atoms with E-state index in [-0.39, 0.29) is 6.04 Å². The zero-order valence-electron chi connectivity index (χ0n) is 8.43. The topological polar surface area (TPSA) is 35.8 Å². The molecular formula is C11H12Cl2N2. The van der Waals surface area contributed by atoms with Crippen LogP contribution in [0.1, 0.15) is 19.8 Å². The van der Waals surface area contributed by atoms with E-state index in [9.17, 15) is 0 Å². The summed E-state index contributed by atoms with van der Waals surface area (Å²) in [5, 5.41) is 13.0. The molecule has 0 bridgehead atoms. The molecule has 0 aliphatic rings. The van der Waals surface area contributed by atoms with Gasteiger partial charge < -0.3 is 5.32 Å². The Labute approximate surface area is 99.8 Å². The first-order chi connectivity index (χ1) is 7.17. The second kappa shape index (κ2) is 5.85. The SMILES string of the molecule is CCC(CC#N)Nc1ccc(Cl)cc1Cl.